The number of carbonyl (C=O) groups is 1. The van der Waals surface area contributed by atoms with Crippen molar-refractivity contribution in [2.45, 2.75) is 12.5 Å². The first-order valence-corrected chi connectivity index (χ1v) is 7.01. The molecule has 0 spiro atoms. The van der Waals surface area contributed by atoms with E-state index < -0.39 is 0 Å². The second kappa shape index (κ2) is 9.35. The number of pyridine rings is 1. The number of halogens is 2. The van der Waals surface area contributed by atoms with Crippen molar-refractivity contribution in [3.05, 3.63) is 54.4 Å². The van der Waals surface area contributed by atoms with Gasteiger partial charge in [0, 0.05) is 24.3 Å². The minimum Gasteiger partial charge on any atom is -0.456 e. The quantitative estimate of drug-likeness (QED) is 0.884. The van der Waals surface area contributed by atoms with Crippen LogP contribution in [0.25, 0.3) is 0 Å². The van der Waals surface area contributed by atoms with E-state index in [9.17, 15) is 4.79 Å². The van der Waals surface area contributed by atoms with Gasteiger partial charge in [-0.25, -0.2) is 0 Å². The Morgan fingerprint density at radius 1 is 1.17 bits per heavy atom. The van der Waals surface area contributed by atoms with Crippen LogP contribution in [0, 0.1) is 0 Å². The fourth-order valence-electron chi connectivity index (χ4n) is 2.26. The van der Waals surface area contributed by atoms with Gasteiger partial charge in [-0.15, -0.1) is 24.8 Å². The van der Waals surface area contributed by atoms with Crippen molar-refractivity contribution in [2.24, 2.45) is 0 Å². The first-order valence-electron chi connectivity index (χ1n) is 7.01. The number of carbonyl (C=O) groups excluding carboxylic acids is 1. The van der Waals surface area contributed by atoms with Crippen molar-refractivity contribution >= 4 is 30.7 Å². The van der Waals surface area contributed by atoms with Gasteiger partial charge in [-0.2, -0.15) is 0 Å². The SMILES string of the molecule is Cl.Cl.O=C(NC1CCNC1)c1ccc(Oc2cccnc2)cc1. The highest BCUT2D eigenvalue weighted by Crippen LogP contribution is 2.20. The summed E-state index contributed by atoms with van der Waals surface area (Å²) in [6.07, 6.45) is 4.32. The third kappa shape index (κ3) is 5.39. The highest BCUT2D eigenvalue weighted by Gasteiger charge is 2.17. The standard InChI is InChI=1S/C16H17N3O2.2ClH/c20-16(19-13-7-9-18-10-13)12-3-5-14(6-4-12)21-15-2-1-8-17-11-15;;/h1-6,8,11,13,18H,7,9-10H2,(H,19,20);2*1H. The van der Waals surface area contributed by atoms with Crippen LogP contribution in [-0.2, 0) is 0 Å². The number of benzene rings is 1. The fourth-order valence-corrected chi connectivity index (χ4v) is 2.26. The lowest BCUT2D eigenvalue weighted by Gasteiger charge is -2.11. The zero-order chi connectivity index (χ0) is 14.5. The van der Waals surface area contributed by atoms with E-state index in [1.807, 2.05) is 12.1 Å². The van der Waals surface area contributed by atoms with E-state index in [2.05, 4.69) is 15.6 Å². The number of nitrogens with one attached hydrogen (secondary N) is 2. The van der Waals surface area contributed by atoms with Crippen LogP contribution in [0.15, 0.2) is 48.8 Å². The van der Waals surface area contributed by atoms with E-state index >= 15 is 0 Å². The van der Waals surface area contributed by atoms with Crippen molar-refractivity contribution in [3.8, 4) is 11.5 Å². The number of hydrogen-bond donors (Lipinski definition) is 2. The molecule has 0 bridgehead atoms. The molecule has 1 aliphatic heterocycles. The summed E-state index contributed by atoms with van der Waals surface area (Å²) in [5, 5.41) is 6.24. The Morgan fingerprint density at radius 2 is 1.96 bits per heavy atom. The Hall–Kier alpha value is -1.82. The second-order valence-corrected chi connectivity index (χ2v) is 4.98. The van der Waals surface area contributed by atoms with Crippen molar-refractivity contribution in [1.82, 2.24) is 15.6 Å². The Bertz CT molecular complexity index is 602. The molecule has 1 aliphatic rings. The van der Waals surface area contributed by atoms with Gasteiger partial charge in [0.1, 0.15) is 11.5 Å². The van der Waals surface area contributed by atoms with Gasteiger partial charge in [-0.1, -0.05) is 0 Å². The molecule has 0 radical (unpaired) electrons. The molecule has 3 rings (SSSR count). The average molecular weight is 356 g/mol. The van der Waals surface area contributed by atoms with E-state index in [0.717, 1.165) is 19.5 Å². The lowest BCUT2D eigenvalue weighted by atomic mass is 10.2. The van der Waals surface area contributed by atoms with E-state index in [0.29, 0.717) is 17.1 Å². The third-order valence-electron chi connectivity index (χ3n) is 3.38. The molecule has 1 saturated heterocycles. The zero-order valence-corrected chi connectivity index (χ0v) is 14.0. The highest BCUT2D eigenvalue weighted by atomic mass is 35.5. The minimum atomic E-state index is -0.0448. The number of aromatic nitrogens is 1. The number of hydrogen-bond acceptors (Lipinski definition) is 4. The molecule has 124 valence electrons. The fraction of sp³-hybridized carbons (Fsp3) is 0.250. The van der Waals surface area contributed by atoms with Gasteiger partial charge in [0.15, 0.2) is 0 Å². The van der Waals surface area contributed by atoms with Crippen LogP contribution >= 0.6 is 24.8 Å². The minimum absolute atomic E-state index is 0. The first-order chi connectivity index (χ1) is 10.3. The van der Waals surface area contributed by atoms with E-state index in [1.54, 1.807) is 36.7 Å². The summed E-state index contributed by atoms with van der Waals surface area (Å²) in [5.74, 6) is 1.31. The van der Waals surface area contributed by atoms with Crippen LogP contribution in [0.4, 0.5) is 0 Å². The molecule has 1 aromatic carbocycles. The summed E-state index contributed by atoms with van der Waals surface area (Å²) in [4.78, 5) is 16.1. The maximum Gasteiger partial charge on any atom is 0.251 e. The molecule has 1 unspecified atom stereocenters. The summed E-state index contributed by atoms with van der Waals surface area (Å²) in [5.41, 5.74) is 0.639. The summed E-state index contributed by atoms with van der Waals surface area (Å²) in [7, 11) is 0. The molecule has 1 atom stereocenters. The van der Waals surface area contributed by atoms with Gasteiger partial charge in [-0.3, -0.25) is 9.78 Å². The largest absolute Gasteiger partial charge is 0.456 e. The molecule has 2 aromatic rings. The lowest BCUT2D eigenvalue weighted by Crippen LogP contribution is -2.36. The first kappa shape index (κ1) is 19.2. The van der Waals surface area contributed by atoms with Crippen LogP contribution in [0.1, 0.15) is 16.8 Å². The van der Waals surface area contributed by atoms with Gasteiger partial charge in [0.25, 0.3) is 5.91 Å². The van der Waals surface area contributed by atoms with E-state index in [1.165, 1.54) is 0 Å². The van der Waals surface area contributed by atoms with Crippen LogP contribution in [0.3, 0.4) is 0 Å². The normalized spacial score (nSPS) is 15.9. The zero-order valence-electron chi connectivity index (χ0n) is 12.4. The molecule has 1 amide bonds. The molecule has 1 aromatic heterocycles. The Kier molecular flexibility index (Phi) is 7.81. The maximum absolute atomic E-state index is 12.1. The maximum atomic E-state index is 12.1. The van der Waals surface area contributed by atoms with E-state index in [-0.39, 0.29) is 36.8 Å². The Labute approximate surface area is 147 Å². The summed E-state index contributed by atoms with van der Waals surface area (Å²) in [6.45, 7) is 1.80. The average Bonchev–Trinajstić information content (AvgIpc) is 3.02. The van der Waals surface area contributed by atoms with Gasteiger partial charge >= 0.3 is 0 Å². The van der Waals surface area contributed by atoms with Crippen molar-refractivity contribution in [2.75, 3.05) is 13.1 Å². The van der Waals surface area contributed by atoms with Crippen molar-refractivity contribution in [3.63, 3.8) is 0 Å². The molecular formula is C16H19Cl2N3O2. The molecule has 23 heavy (non-hydrogen) atoms. The van der Waals surface area contributed by atoms with Crippen LogP contribution < -0.4 is 15.4 Å². The molecule has 5 nitrogen and oxygen atoms in total. The number of nitrogens with zero attached hydrogens (tertiary/aromatic N) is 1. The van der Waals surface area contributed by atoms with Gasteiger partial charge in [0.05, 0.1) is 6.20 Å². The van der Waals surface area contributed by atoms with Crippen LogP contribution in [0.5, 0.6) is 11.5 Å². The molecule has 7 heteroatoms. The van der Waals surface area contributed by atoms with Crippen molar-refractivity contribution < 1.29 is 9.53 Å². The predicted molar refractivity (Wildman–Crippen MR) is 94.0 cm³/mol. The van der Waals surface area contributed by atoms with Crippen LogP contribution in [-0.4, -0.2) is 30.0 Å². The number of rotatable bonds is 4. The van der Waals surface area contributed by atoms with Crippen molar-refractivity contribution in [1.29, 1.82) is 0 Å². The van der Waals surface area contributed by atoms with E-state index in [4.69, 9.17) is 4.74 Å². The third-order valence-corrected chi connectivity index (χ3v) is 3.38. The van der Waals surface area contributed by atoms with Crippen LogP contribution in [0.2, 0.25) is 0 Å². The highest BCUT2D eigenvalue weighted by molar-refractivity contribution is 5.94. The van der Waals surface area contributed by atoms with Gasteiger partial charge < -0.3 is 15.4 Å². The monoisotopic (exact) mass is 355 g/mol. The molecule has 0 saturated carbocycles. The smallest absolute Gasteiger partial charge is 0.251 e. The lowest BCUT2D eigenvalue weighted by molar-refractivity contribution is 0.0940. The Morgan fingerprint density at radius 3 is 2.57 bits per heavy atom. The molecule has 1 fully saturated rings. The second-order valence-electron chi connectivity index (χ2n) is 4.98. The summed E-state index contributed by atoms with van der Waals surface area (Å²) in [6, 6.07) is 11.0. The number of amides is 1. The number of ether oxygens (including phenoxy) is 1. The van der Waals surface area contributed by atoms with Gasteiger partial charge in [-0.05, 0) is 49.4 Å². The van der Waals surface area contributed by atoms with Gasteiger partial charge in [0.2, 0.25) is 0 Å². The molecular weight excluding hydrogens is 337 g/mol. The topological polar surface area (TPSA) is 63.2 Å². The summed E-state index contributed by atoms with van der Waals surface area (Å²) >= 11 is 0. The molecule has 2 heterocycles. The Balaban J connectivity index is 0.00000132. The predicted octanol–water partition coefficient (Wildman–Crippen LogP) is 2.81. The molecule has 0 aliphatic carbocycles. The molecule has 2 N–H and O–H groups in total. The summed E-state index contributed by atoms with van der Waals surface area (Å²) < 4.78 is 5.64.